The van der Waals surface area contributed by atoms with Gasteiger partial charge in [-0.1, -0.05) is 6.92 Å². The molecule has 1 unspecified atom stereocenters. The summed E-state index contributed by atoms with van der Waals surface area (Å²) in [6.45, 7) is 4.21. The van der Waals surface area contributed by atoms with Gasteiger partial charge >= 0.3 is 5.69 Å². The quantitative estimate of drug-likeness (QED) is 0.627. The predicted octanol–water partition coefficient (Wildman–Crippen LogP) is 1.73. The molecule has 1 fully saturated rings. The number of nitro groups is 1. The molecule has 1 aliphatic rings. The van der Waals surface area contributed by atoms with Gasteiger partial charge in [-0.25, -0.2) is 4.68 Å². The molecule has 1 aliphatic heterocycles. The smallest absolute Gasteiger partial charge is 0.333 e. The molecule has 7 nitrogen and oxygen atoms in total. The number of aryl methyl sites for hydroxylation is 2. The number of rotatable bonds is 6. The molecule has 2 heterocycles. The molecule has 0 aromatic carbocycles. The van der Waals surface area contributed by atoms with Crippen LogP contribution in [0.15, 0.2) is 0 Å². The van der Waals surface area contributed by atoms with Crippen molar-refractivity contribution in [3.05, 3.63) is 15.8 Å². The van der Waals surface area contributed by atoms with Crippen LogP contribution in [0.25, 0.3) is 0 Å². The van der Waals surface area contributed by atoms with Crippen molar-refractivity contribution >= 4 is 11.5 Å². The van der Waals surface area contributed by atoms with E-state index in [0.29, 0.717) is 30.4 Å². The molecule has 0 spiro atoms. The van der Waals surface area contributed by atoms with E-state index in [1.165, 1.54) is 0 Å². The van der Waals surface area contributed by atoms with E-state index in [1.807, 2.05) is 6.92 Å². The van der Waals surface area contributed by atoms with Crippen molar-refractivity contribution in [3.8, 4) is 0 Å². The maximum Gasteiger partial charge on any atom is 0.333 e. The van der Waals surface area contributed by atoms with Gasteiger partial charge in [0.2, 0.25) is 5.82 Å². The fraction of sp³-hybridized carbons (Fsp3) is 0.750. The van der Waals surface area contributed by atoms with Crippen LogP contribution in [-0.4, -0.2) is 34.5 Å². The minimum Gasteiger partial charge on any atom is -0.381 e. The third-order valence-corrected chi connectivity index (χ3v) is 3.48. The Morgan fingerprint density at radius 3 is 3.00 bits per heavy atom. The SMILES string of the molecule is CCc1nn(C)c(NCCC2CCOC2)c1[N+](=O)[O-]. The van der Waals surface area contributed by atoms with Crippen molar-refractivity contribution in [2.45, 2.75) is 26.2 Å². The molecule has 0 radical (unpaired) electrons. The molecule has 2 rings (SSSR count). The lowest BCUT2D eigenvalue weighted by molar-refractivity contribution is -0.384. The van der Waals surface area contributed by atoms with E-state index in [2.05, 4.69) is 10.4 Å². The standard InChI is InChI=1S/C12H20N4O3/c1-3-10-11(16(17)18)12(15(2)14-10)13-6-4-9-5-7-19-8-9/h9,13H,3-8H2,1-2H3. The highest BCUT2D eigenvalue weighted by Gasteiger charge is 2.25. The summed E-state index contributed by atoms with van der Waals surface area (Å²) in [6.07, 6.45) is 2.60. The summed E-state index contributed by atoms with van der Waals surface area (Å²) in [5.74, 6) is 1.06. The zero-order chi connectivity index (χ0) is 13.8. The summed E-state index contributed by atoms with van der Waals surface area (Å²) in [5, 5.41) is 18.5. The van der Waals surface area contributed by atoms with E-state index in [1.54, 1.807) is 11.7 Å². The van der Waals surface area contributed by atoms with Crippen molar-refractivity contribution in [3.63, 3.8) is 0 Å². The molecule has 106 valence electrons. The predicted molar refractivity (Wildman–Crippen MR) is 71.3 cm³/mol. The molecule has 0 bridgehead atoms. The van der Waals surface area contributed by atoms with Gasteiger partial charge < -0.3 is 10.1 Å². The van der Waals surface area contributed by atoms with Crippen LogP contribution in [0, 0.1) is 16.0 Å². The Kier molecular flexibility index (Phi) is 4.36. The van der Waals surface area contributed by atoms with Crippen LogP contribution in [0.4, 0.5) is 11.5 Å². The molecule has 7 heteroatoms. The lowest BCUT2D eigenvalue weighted by atomic mass is 10.1. The molecule has 1 aromatic heterocycles. The topological polar surface area (TPSA) is 82.2 Å². The van der Waals surface area contributed by atoms with Gasteiger partial charge in [-0.2, -0.15) is 5.10 Å². The number of hydrogen-bond donors (Lipinski definition) is 1. The van der Waals surface area contributed by atoms with Gasteiger partial charge in [-0.05, 0) is 25.2 Å². The number of hydrogen-bond acceptors (Lipinski definition) is 5. The molecule has 1 atom stereocenters. The molecule has 0 aliphatic carbocycles. The minimum atomic E-state index is -0.354. The van der Waals surface area contributed by atoms with Gasteiger partial charge in [0.25, 0.3) is 0 Å². The molecule has 1 saturated heterocycles. The Balaban J connectivity index is 2.02. The van der Waals surface area contributed by atoms with E-state index in [0.717, 1.165) is 26.1 Å². The van der Waals surface area contributed by atoms with Crippen LogP contribution >= 0.6 is 0 Å². The fourth-order valence-corrected chi connectivity index (χ4v) is 2.40. The van der Waals surface area contributed by atoms with E-state index < -0.39 is 0 Å². The summed E-state index contributed by atoms with van der Waals surface area (Å²) >= 11 is 0. The van der Waals surface area contributed by atoms with Crippen molar-refractivity contribution in [1.29, 1.82) is 0 Å². The van der Waals surface area contributed by atoms with Crippen LogP contribution in [0.1, 0.15) is 25.5 Å². The van der Waals surface area contributed by atoms with Gasteiger partial charge in [-0.3, -0.25) is 10.1 Å². The Labute approximate surface area is 112 Å². The zero-order valence-electron chi connectivity index (χ0n) is 11.4. The molecule has 1 N–H and O–H groups in total. The maximum atomic E-state index is 11.1. The van der Waals surface area contributed by atoms with Crippen LogP contribution < -0.4 is 5.32 Å². The van der Waals surface area contributed by atoms with Crippen LogP contribution in [-0.2, 0) is 18.2 Å². The molecule has 0 amide bonds. The molecule has 19 heavy (non-hydrogen) atoms. The van der Waals surface area contributed by atoms with E-state index in [4.69, 9.17) is 4.74 Å². The molecular weight excluding hydrogens is 248 g/mol. The first-order valence-corrected chi connectivity index (χ1v) is 6.65. The normalized spacial score (nSPS) is 18.7. The van der Waals surface area contributed by atoms with Gasteiger partial charge in [0.1, 0.15) is 5.69 Å². The van der Waals surface area contributed by atoms with Crippen molar-refractivity contribution < 1.29 is 9.66 Å². The summed E-state index contributed by atoms with van der Waals surface area (Å²) in [6, 6.07) is 0. The van der Waals surface area contributed by atoms with Gasteiger partial charge in [0.15, 0.2) is 0 Å². The maximum absolute atomic E-state index is 11.1. The molecule has 0 saturated carbocycles. The molecule has 1 aromatic rings. The van der Waals surface area contributed by atoms with E-state index in [9.17, 15) is 10.1 Å². The van der Waals surface area contributed by atoms with Crippen LogP contribution in [0.5, 0.6) is 0 Å². The third kappa shape index (κ3) is 3.04. The third-order valence-electron chi connectivity index (χ3n) is 3.48. The van der Waals surface area contributed by atoms with Gasteiger partial charge in [0, 0.05) is 26.8 Å². The second-order valence-electron chi connectivity index (χ2n) is 4.82. The Bertz CT molecular complexity index is 452. The fourth-order valence-electron chi connectivity index (χ4n) is 2.40. The van der Waals surface area contributed by atoms with Crippen molar-refractivity contribution in [1.82, 2.24) is 9.78 Å². The first-order chi connectivity index (χ1) is 9.13. The highest BCUT2D eigenvalue weighted by molar-refractivity contribution is 5.59. The summed E-state index contributed by atoms with van der Waals surface area (Å²) in [4.78, 5) is 10.8. The number of anilines is 1. The monoisotopic (exact) mass is 268 g/mol. The zero-order valence-corrected chi connectivity index (χ0v) is 11.4. The van der Waals surface area contributed by atoms with E-state index >= 15 is 0 Å². The number of ether oxygens (including phenoxy) is 1. The minimum absolute atomic E-state index is 0.104. The highest BCUT2D eigenvalue weighted by atomic mass is 16.6. The average molecular weight is 268 g/mol. The summed E-state index contributed by atoms with van der Waals surface area (Å²) in [5.41, 5.74) is 0.631. The second kappa shape index (κ2) is 6.01. The van der Waals surface area contributed by atoms with Crippen LogP contribution in [0.2, 0.25) is 0 Å². The van der Waals surface area contributed by atoms with Crippen molar-refractivity contribution in [2.75, 3.05) is 25.1 Å². The lowest BCUT2D eigenvalue weighted by Gasteiger charge is -2.09. The van der Waals surface area contributed by atoms with Gasteiger partial charge in [0.05, 0.1) is 4.92 Å². The van der Waals surface area contributed by atoms with E-state index in [-0.39, 0.29) is 10.6 Å². The Morgan fingerprint density at radius 1 is 1.63 bits per heavy atom. The van der Waals surface area contributed by atoms with Gasteiger partial charge in [-0.15, -0.1) is 0 Å². The van der Waals surface area contributed by atoms with Crippen LogP contribution in [0.3, 0.4) is 0 Å². The lowest BCUT2D eigenvalue weighted by Crippen LogP contribution is -2.12. The first kappa shape index (κ1) is 13.8. The first-order valence-electron chi connectivity index (χ1n) is 6.65. The number of nitrogens with one attached hydrogen (secondary N) is 1. The summed E-state index contributed by atoms with van der Waals surface area (Å²) < 4.78 is 6.87. The largest absolute Gasteiger partial charge is 0.381 e. The highest BCUT2D eigenvalue weighted by Crippen LogP contribution is 2.28. The second-order valence-corrected chi connectivity index (χ2v) is 4.82. The summed E-state index contributed by atoms with van der Waals surface area (Å²) in [7, 11) is 1.73. The van der Waals surface area contributed by atoms with Crippen molar-refractivity contribution in [2.24, 2.45) is 13.0 Å². The number of nitrogens with zero attached hydrogens (tertiary/aromatic N) is 3. The Morgan fingerprint density at radius 2 is 2.42 bits per heavy atom. The number of aromatic nitrogens is 2. The Hall–Kier alpha value is -1.63. The average Bonchev–Trinajstić information content (AvgIpc) is 2.97. The molecular formula is C12H20N4O3.